The van der Waals surface area contributed by atoms with E-state index in [9.17, 15) is 9.90 Å². The van der Waals surface area contributed by atoms with Gasteiger partial charge in [0, 0.05) is 17.1 Å². The molecule has 1 aromatic carbocycles. The predicted octanol–water partition coefficient (Wildman–Crippen LogP) is 3.00. The Labute approximate surface area is 134 Å². The van der Waals surface area contributed by atoms with Crippen molar-refractivity contribution in [1.29, 1.82) is 0 Å². The van der Waals surface area contributed by atoms with Crippen LogP contribution < -0.4 is 5.32 Å². The number of nitrogens with zero attached hydrogens (tertiary/aromatic N) is 1. The Kier molecular flexibility index (Phi) is 5.65. The molecular weight excluding hydrogens is 332 g/mol. The molecule has 21 heavy (non-hydrogen) atoms. The lowest BCUT2D eigenvalue weighted by Crippen LogP contribution is -2.44. The Bertz CT molecular complexity index is 499. The summed E-state index contributed by atoms with van der Waals surface area (Å²) >= 11 is 3.30. The molecule has 0 saturated carbocycles. The molecular formula is C16H23BrN2O2. The summed E-state index contributed by atoms with van der Waals surface area (Å²) in [7, 11) is 0. The number of carbonyl (C=O) groups is 1. The molecule has 2 rings (SSSR count). The minimum absolute atomic E-state index is 0.0294. The minimum Gasteiger partial charge on any atom is -0.507 e. The molecule has 2 N–H and O–H groups in total. The van der Waals surface area contributed by atoms with Gasteiger partial charge < -0.3 is 15.3 Å². The number of aromatic hydroxyl groups is 1. The minimum atomic E-state index is -0.0967. The summed E-state index contributed by atoms with van der Waals surface area (Å²) in [6.07, 6.45) is 2.31. The van der Waals surface area contributed by atoms with E-state index < -0.39 is 0 Å². The highest BCUT2D eigenvalue weighted by Crippen LogP contribution is 2.25. The molecule has 1 heterocycles. The number of phenolic OH excluding ortho intramolecular Hbond substituents is 1. The van der Waals surface area contributed by atoms with Crippen LogP contribution in [0.15, 0.2) is 22.7 Å². The highest BCUT2D eigenvalue weighted by Gasteiger charge is 2.25. The maximum atomic E-state index is 12.7. The van der Waals surface area contributed by atoms with Crippen LogP contribution in [0.1, 0.15) is 37.0 Å². The molecule has 1 fully saturated rings. The van der Waals surface area contributed by atoms with Crippen molar-refractivity contribution in [2.45, 2.75) is 32.7 Å². The number of phenols is 1. The number of rotatable bonds is 4. The molecule has 4 nitrogen and oxygen atoms in total. The zero-order valence-corrected chi connectivity index (χ0v) is 14.2. The zero-order chi connectivity index (χ0) is 15.4. The molecule has 0 aliphatic carbocycles. The first kappa shape index (κ1) is 16.3. The van der Waals surface area contributed by atoms with Crippen LogP contribution in [0.2, 0.25) is 0 Å². The van der Waals surface area contributed by atoms with Crippen LogP contribution >= 0.6 is 15.9 Å². The van der Waals surface area contributed by atoms with Crippen molar-refractivity contribution in [3.8, 4) is 5.75 Å². The third-order valence-corrected chi connectivity index (χ3v) is 4.42. The molecule has 1 aliphatic heterocycles. The van der Waals surface area contributed by atoms with E-state index in [1.807, 2.05) is 18.7 Å². The largest absolute Gasteiger partial charge is 0.507 e. The number of benzene rings is 1. The van der Waals surface area contributed by atoms with E-state index in [1.165, 1.54) is 0 Å². The summed E-state index contributed by atoms with van der Waals surface area (Å²) in [6.45, 7) is 6.80. The molecule has 0 aromatic heterocycles. The lowest BCUT2D eigenvalue weighted by atomic mass is 9.98. The van der Waals surface area contributed by atoms with Crippen molar-refractivity contribution in [3.05, 3.63) is 28.2 Å². The molecule has 0 bridgehead atoms. The Balaban J connectivity index is 2.14. The lowest BCUT2D eigenvalue weighted by molar-refractivity contribution is 0.0658. The molecule has 0 radical (unpaired) electrons. The summed E-state index contributed by atoms with van der Waals surface area (Å²) in [5.74, 6) is 0.421. The second-order valence-corrected chi connectivity index (χ2v) is 6.84. The fraction of sp³-hybridized carbons (Fsp3) is 0.562. The summed E-state index contributed by atoms with van der Waals surface area (Å²) in [5, 5.41) is 13.4. The van der Waals surface area contributed by atoms with Crippen LogP contribution in [0, 0.1) is 5.92 Å². The van der Waals surface area contributed by atoms with Gasteiger partial charge in [0.1, 0.15) is 5.75 Å². The molecule has 1 aromatic rings. The molecule has 1 amide bonds. The molecule has 116 valence electrons. The number of hydrogen-bond donors (Lipinski definition) is 2. The SMILES string of the molecule is CC(C)N(CC1CCCNC1)C(=O)c1ccc(Br)cc1O. The molecule has 0 spiro atoms. The van der Waals surface area contributed by atoms with E-state index in [-0.39, 0.29) is 17.7 Å². The van der Waals surface area contributed by atoms with E-state index >= 15 is 0 Å². The molecule has 5 heteroatoms. The Morgan fingerprint density at radius 3 is 2.86 bits per heavy atom. The van der Waals surface area contributed by atoms with Crippen molar-refractivity contribution in [1.82, 2.24) is 10.2 Å². The van der Waals surface area contributed by atoms with Crippen molar-refractivity contribution in [3.63, 3.8) is 0 Å². The van der Waals surface area contributed by atoms with Crippen molar-refractivity contribution >= 4 is 21.8 Å². The summed E-state index contributed by atoms with van der Waals surface area (Å²) in [4.78, 5) is 14.6. The van der Waals surface area contributed by atoms with Crippen LogP contribution in [-0.4, -0.2) is 41.6 Å². The van der Waals surface area contributed by atoms with Gasteiger partial charge in [0.2, 0.25) is 0 Å². The predicted molar refractivity (Wildman–Crippen MR) is 87.6 cm³/mol. The monoisotopic (exact) mass is 354 g/mol. The van der Waals surface area contributed by atoms with Crippen molar-refractivity contribution in [2.75, 3.05) is 19.6 Å². The van der Waals surface area contributed by atoms with Gasteiger partial charge >= 0.3 is 0 Å². The van der Waals surface area contributed by atoms with Crippen LogP contribution in [-0.2, 0) is 0 Å². The van der Waals surface area contributed by atoms with Crippen molar-refractivity contribution < 1.29 is 9.90 Å². The maximum Gasteiger partial charge on any atom is 0.257 e. The second-order valence-electron chi connectivity index (χ2n) is 5.93. The van der Waals surface area contributed by atoms with E-state index in [4.69, 9.17) is 0 Å². The fourth-order valence-corrected chi connectivity index (χ4v) is 3.08. The molecule has 1 atom stereocenters. The number of carbonyl (C=O) groups excluding carboxylic acids is 1. The Morgan fingerprint density at radius 1 is 1.52 bits per heavy atom. The van der Waals surface area contributed by atoms with Gasteiger partial charge in [-0.05, 0) is 63.9 Å². The third kappa shape index (κ3) is 4.20. The number of halogens is 1. The van der Waals surface area contributed by atoms with E-state index in [0.29, 0.717) is 11.5 Å². The van der Waals surface area contributed by atoms with Gasteiger partial charge in [-0.3, -0.25) is 4.79 Å². The van der Waals surface area contributed by atoms with Crippen LogP contribution in [0.3, 0.4) is 0 Å². The Hall–Kier alpha value is -1.07. The number of hydrogen-bond acceptors (Lipinski definition) is 3. The maximum absolute atomic E-state index is 12.7. The van der Waals surface area contributed by atoms with E-state index in [2.05, 4.69) is 21.2 Å². The Morgan fingerprint density at radius 2 is 2.29 bits per heavy atom. The van der Waals surface area contributed by atoms with Gasteiger partial charge in [-0.25, -0.2) is 0 Å². The fourth-order valence-electron chi connectivity index (χ4n) is 2.73. The second kappa shape index (κ2) is 7.27. The molecule has 1 saturated heterocycles. The first-order chi connectivity index (χ1) is 9.99. The molecule has 1 aliphatic rings. The summed E-state index contributed by atoms with van der Waals surface area (Å²) in [6, 6.07) is 5.14. The van der Waals surface area contributed by atoms with Crippen LogP contribution in [0.4, 0.5) is 0 Å². The highest BCUT2D eigenvalue weighted by molar-refractivity contribution is 9.10. The van der Waals surface area contributed by atoms with E-state index in [0.717, 1.165) is 36.9 Å². The highest BCUT2D eigenvalue weighted by atomic mass is 79.9. The normalized spacial score (nSPS) is 18.8. The van der Waals surface area contributed by atoms with Gasteiger partial charge in [0.25, 0.3) is 5.91 Å². The van der Waals surface area contributed by atoms with Crippen molar-refractivity contribution in [2.24, 2.45) is 5.92 Å². The van der Waals surface area contributed by atoms with Crippen LogP contribution in [0.25, 0.3) is 0 Å². The first-order valence-corrected chi connectivity index (χ1v) is 8.28. The average Bonchev–Trinajstić information content (AvgIpc) is 2.45. The molecule has 1 unspecified atom stereocenters. The number of piperidine rings is 1. The number of amides is 1. The quantitative estimate of drug-likeness (QED) is 0.873. The topological polar surface area (TPSA) is 52.6 Å². The van der Waals surface area contributed by atoms with Gasteiger partial charge in [0.05, 0.1) is 5.56 Å². The standard InChI is InChI=1S/C16H23BrN2O2/c1-11(2)19(10-12-4-3-7-18-9-12)16(21)14-6-5-13(17)8-15(14)20/h5-6,8,11-12,18,20H,3-4,7,9-10H2,1-2H3. The van der Waals surface area contributed by atoms with Gasteiger partial charge in [-0.2, -0.15) is 0 Å². The number of nitrogens with one attached hydrogen (secondary N) is 1. The van der Waals surface area contributed by atoms with Gasteiger partial charge in [-0.1, -0.05) is 15.9 Å². The van der Waals surface area contributed by atoms with Gasteiger partial charge in [0.15, 0.2) is 0 Å². The smallest absolute Gasteiger partial charge is 0.257 e. The first-order valence-electron chi connectivity index (χ1n) is 7.49. The van der Waals surface area contributed by atoms with Crippen LogP contribution in [0.5, 0.6) is 5.75 Å². The summed E-state index contributed by atoms with van der Waals surface area (Å²) < 4.78 is 0.768. The van der Waals surface area contributed by atoms with E-state index in [1.54, 1.807) is 18.2 Å². The summed E-state index contributed by atoms with van der Waals surface area (Å²) in [5.41, 5.74) is 0.371. The third-order valence-electron chi connectivity index (χ3n) is 3.93. The van der Waals surface area contributed by atoms with Gasteiger partial charge in [-0.15, -0.1) is 0 Å². The zero-order valence-electron chi connectivity index (χ0n) is 12.6. The lowest BCUT2D eigenvalue weighted by Gasteiger charge is -2.33. The average molecular weight is 355 g/mol.